The van der Waals surface area contributed by atoms with Gasteiger partial charge in [0.25, 0.3) is 16.1 Å². The molecule has 1 aliphatic heterocycles. The molecule has 0 N–H and O–H groups in total. The van der Waals surface area contributed by atoms with E-state index in [9.17, 15) is 18.0 Å². The van der Waals surface area contributed by atoms with Crippen molar-refractivity contribution in [2.75, 3.05) is 6.61 Å². The van der Waals surface area contributed by atoms with Crippen molar-refractivity contribution in [3.8, 4) is 0 Å². The molecule has 106 valence electrons. The summed E-state index contributed by atoms with van der Waals surface area (Å²) < 4.78 is 36.1. The van der Waals surface area contributed by atoms with Crippen LogP contribution in [0.25, 0.3) is 0 Å². The Hall–Kier alpha value is -1.73. The van der Waals surface area contributed by atoms with Crippen LogP contribution in [0.15, 0.2) is 27.5 Å². The van der Waals surface area contributed by atoms with Crippen LogP contribution in [-0.4, -0.2) is 33.4 Å². The van der Waals surface area contributed by atoms with Crippen LogP contribution in [-0.2, 0) is 24.3 Å². The van der Waals surface area contributed by atoms with E-state index in [1.54, 1.807) is 0 Å². The molecule has 0 aromatic heterocycles. The number of carbonyl (C=O) groups excluding carboxylic acids is 2. The summed E-state index contributed by atoms with van der Waals surface area (Å²) in [4.78, 5) is 21.5. The highest BCUT2D eigenvalue weighted by atomic mass is 35.5. The van der Waals surface area contributed by atoms with Crippen LogP contribution < -0.4 is 0 Å². The highest BCUT2D eigenvalue weighted by Gasteiger charge is 2.29. The first-order chi connectivity index (χ1) is 9.45. The molecule has 1 aromatic rings. The van der Waals surface area contributed by atoms with E-state index in [0.29, 0.717) is 13.0 Å². The van der Waals surface area contributed by atoms with Crippen molar-refractivity contribution in [1.29, 1.82) is 0 Å². The summed E-state index contributed by atoms with van der Waals surface area (Å²) in [5, 5.41) is -0.243. The molecule has 0 saturated carbocycles. The van der Waals surface area contributed by atoms with E-state index in [1.807, 2.05) is 0 Å². The largest absolute Gasteiger partial charge is 0.432 e. The SMILES string of the molecule is O=C=NS(=O)(=O)c1c(Cl)cccc1C(=O)OC1CCO1. The molecule has 0 radical (unpaired) electrons. The number of rotatable bonds is 4. The minimum Gasteiger partial charge on any atom is -0.432 e. The lowest BCUT2D eigenvalue weighted by molar-refractivity contribution is -0.184. The third kappa shape index (κ3) is 2.88. The Morgan fingerprint density at radius 2 is 2.20 bits per heavy atom. The van der Waals surface area contributed by atoms with Crippen molar-refractivity contribution < 1.29 is 27.5 Å². The Morgan fingerprint density at radius 1 is 1.50 bits per heavy atom. The maximum Gasteiger partial charge on any atom is 0.341 e. The summed E-state index contributed by atoms with van der Waals surface area (Å²) in [6, 6.07) is 3.84. The number of ether oxygens (including phenoxy) is 2. The molecule has 1 atom stereocenters. The van der Waals surface area contributed by atoms with Crippen molar-refractivity contribution in [1.82, 2.24) is 0 Å². The second-order valence-electron chi connectivity index (χ2n) is 3.77. The van der Waals surface area contributed by atoms with E-state index in [4.69, 9.17) is 21.1 Å². The summed E-state index contributed by atoms with van der Waals surface area (Å²) in [5.41, 5.74) is -0.313. The van der Waals surface area contributed by atoms with Crippen LogP contribution in [0.1, 0.15) is 16.8 Å². The molecule has 7 nitrogen and oxygen atoms in total. The lowest BCUT2D eigenvalue weighted by atomic mass is 10.2. The highest BCUT2D eigenvalue weighted by molar-refractivity contribution is 7.90. The molecule has 1 saturated heterocycles. The topological polar surface area (TPSA) is 99.1 Å². The summed E-state index contributed by atoms with van der Waals surface area (Å²) in [6.07, 6.45) is 0.741. The molecule has 1 fully saturated rings. The fourth-order valence-electron chi connectivity index (χ4n) is 1.52. The Balaban J connectivity index is 2.45. The maximum absolute atomic E-state index is 11.9. The molecule has 20 heavy (non-hydrogen) atoms. The van der Waals surface area contributed by atoms with Gasteiger partial charge in [0.05, 0.1) is 17.2 Å². The molecule has 0 aliphatic carbocycles. The van der Waals surface area contributed by atoms with Gasteiger partial charge in [0.1, 0.15) is 4.90 Å². The monoisotopic (exact) mass is 317 g/mol. The molecular formula is C11H8ClNO6S. The second-order valence-corrected chi connectivity index (χ2v) is 5.72. The van der Waals surface area contributed by atoms with Crippen LogP contribution in [0.3, 0.4) is 0 Å². The van der Waals surface area contributed by atoms with Gasteiger partial charge in [-0.15, -0.1) is 0 Å². The van der Waals surface area contributed by atoms with E-state index >= 15 is 0 Å². The maximum atomic E-state index is 11.9. The van der Waals surface area contributed by atoms with E-state index in [-0.39, 0.29) is 10.6 Å². The van der Waals surface area contributed by atoms with Gasteiger partial charge < -0.3 is 9.47 Å². The molecule has 9 heteroatoms. The van der Waals surface area contributed by atoms with Crippen molar-refractivity contribution in [2.24, 2.45) is 4.40 Å². The number of isocyanates is 1. The molecule has 1 aromatic carbocycles. The summed E-state index contributed by atoms with van der Waals surface area (Å²) >= 11 is 5.77. The Morgan fingerprint density at radius 3 is 2.75 bits per heavy atom. The van der Waals surface area contributed by atoms with Crippen LogP contribution in [0.4, 0.5) is 0 Å². The number of carbonyl (C=O) groups is 1. The predicted molar refractivity (Wildman–Crippen MR) is 66.5 cm³/mol. The van der Waals surface area contributed by atoms with Crippen LogP contribution in [0, 0.1) is 0 Å². The van der Waals surface area contributed by atoms with Crippen molar-refractivity contribution in [3.05, 3.63) is 28.8 Å². The molecule has 2 rings (SSSR count). The lowest BCUT2D eigenvalue weighted by Gasteiger charge is -2.25. The molecule has 1 unspecified atom stereocenters. The van der Waals surface area contributed by atoms with Gasteiger partial charge in [-0.1, -0.05) is 22.1 Å². The number of hydrogen-bond donors (Lipinski definition) is 0. The van der Waals surface area contributed by atoms with E-state index in [2.05, 4.69) is 4.40 Å². The summed E-state index contributed by atoms with van der Waals surface area (Å²) in [6.45, 7) is 0.466. The first kappa shape index (κ1) is 14.7. The molecule has 1 aliphatic rings. The number of hydrogen-bond acceptors (Lipinski definition) is 6. The Labute approximate surface area is 119 Å². The molecule has 0 amide bonds. The molecular weight excluding hydrogens is 310 g/mol. The first-order valence-electron chi connectivity index (χ1n) is 5.41. The van der Waals surface area contributed by atoms with Gasteiger partial charge >= 0.3 is 5.97 Å². The summed E-state index contributed by atoms with van der Waals surface area (Å²) in [5.74, 6) is -0.920. The number of halogens is 1. The van der Waals surface area contributed by atoms with Crippen molar-refractivity contribution in [2.45, 2.75) is 17.6 Å². The van der Waals surface area contributed by atoms with Crippen LogP contribution in [0.2, 0.25) is 5.02 Å². The minimum atomic E-state index is -4.41. The van der Waals surface area contributed by atoms with Gasteiger partial charge in [-0.2, -0.15) is 8.42 Å². The first-order valence-corrected chi connectivity index (χ1v) is 7.23. The van der Waals surface area contributed by atoms with Crippen LogP contribution in [0.5, 0.6) is 0 Å². The van der Waals surface area contributed by atoms with E-state index in [0.717, 1.165) is 6.08 Å². The second kappa shape index (κ2) is 5.72. The summed E-state index contributed by atoms with van der Waals surface area (Å²) in [7, 11) is -4.41. The normalized spacial score (nSPS) is 17.8. The third-order valence-electron chi connectivity index (χ3n) is 2.50. The van der Waals surface area contributed by atoms with Gasteiger partial charge in [0.2, 0.25) is 6.29 Å². The average molecular weight is 318 g/mol. The highest BCUT2D eigenvalue weighted by Crippen LogP contribution is 2.28. The smallest absolute Gasteiger partial charge is 0.341 e. The number of nitrogens with zero attached hydrogens (tertiary/aromatic N) is 1. The fourth-order valence-corrected chi connectivity index (χ4v) is 2.92. The van der Waals surface area contributed by atoms with E-state index < -0.39 is 27.2 Å². The minimum absolute atomic E-state index is 0.243. The van der Waals surface area contributed by atoms with Gasteiger partial charge in [0.15, 0.2) is 0 Å². The van der Waals surface area contributed by atoms with Gasteiger partial charge in [0, 0.05) is 6.42 Å². The standard InChI is InChI=1S/C11H8ClNO6S/c12-8-3-1-2-7(10(8)20(16,17)13-6-14)11(15)19-9-4-5-18-9/h1-3,9H,4-5H2. The molecule has 0 spiro atoms. The Kier molecular flexibility index (Phi) is 4.20. The quantitative estimate of drug-likeness (QED) is 0.471. The fraction of sp³-hybridized carbons (Fsp3) is 0.273. The zero-order chi connectivity index (χ0) is 14.8. The predicted octanol–water partition coefficient (Wildman–Crippen LogP) is 1.27. The number of esters is 1. The molecule has 1 heterocycles. The third-order valence-corrected chi connectivity index (χ3v) is 4.20. The van der Waals surface area contributed by atoms with Gasteiger partial charge in [-0.05, 0) is 12.1 Å². The number of benzene rings is 1. The van der Waals surface area contributed by atoms with Crippen LogP contribution >= 0.6 is 11.6 Å². The van der Waals surface area contributed by atoms with E-state index in [1.165, 1.54) is 18.2 Å². The van der Waals surface area contributed by atoms with Gasteiger partial charge in [-0.25, -0.2) is 9.59 Å². The van der Waals surface area contributed by atoms with Gasteiger partial charge in [-0.3, -0.25) is 0 Å². The zero-order valence-electron chi connectivity index (χ0n) is 9.91. The zero-order valence-corrected chi connectivity index (χ0v) is 11.5. The van der Waals surface area contributed by atoms with Crippen molar-refractivity contribution in [3.63, 3.8) is 0 Å². The average Bonchev–Trinajstić information content (AvgIpc) is 2.32. The lowest BCUT2D eigenvalue weighted by Crippen LogP contribution is -2.32. The Bertz CT molecular complexity index is 691. The van der Waals surface area contributed by atoms with Crippen molar-refractivity contribution >= 4 is 33.7 Å². The molecule has 0 bridgehead atoms. The number of sulfonamides is 1.